The Balaban J connectivity index is 4.12. The summed E-state index contributed by atoms with van der Waals surface area (Å²) in [5, 5.41) is 11.4. The number of nitrogens with one attached hydrogen (secondary N) is 1. The van der Waals surface area contributed by atoms with Crippen LogP contribution in [-0.4, -0.2) is 40.1 Å². The monoisotopic (exact) mass is 246 g/mol. The second-order valence-corrected chi connectivity index (χ2v) is 5.43. The molecule has 0 aromatic carbocycles. The van der Waals surface area contributed by atoms with E-state index >= 15 is 0 Å². The minimum absolute atomic E-state index is 0.157. The normalized spacial score (nSPS) is 12.9. The molecule has 4 N–H and O–H groups in total. The van der Waals surface area contributed by atoms with E-state index in [1.54, 1.807) is 19.9 Å². The van der Waals surface area contributed by atoms with Crippen molar-refractivity contribution in [3.63, 3.8) is 0 Å². The number of aliphatic carboxylic acids is 1. The number of hydrogen-bond donors (Lipinski definition) is 3. The number of nitrogens with two attached hydrogens (primary N) is 1. The molecule has 1 atom stereocenters. The van der Waals surface area contributed by atoms with Gasteiger partial charge in [-0.25, -0.2) is 0 Å². The second-order valence-electron chi connectivity index (χ2n) is 3.80. The van der Waals surface area contributed by atoms with E-state index in [-0.39, 0.29) is 11.7 Å². The van der Waals surface area contributed by atoms with Crippen LogP contribution < -0.4 is 11.1 Å². The van der Waals surface area contributed by atoms with Crippen molar-refractivity contribution in [3.8, 4) is 0 Å². The van der Waals surface area contributed by atoms with Crippen molar-refractivity contribution in [2.75, 3.05) is 12.3 Å². The third-order valence-electron chi connectivity index (χ3n) is 2.03. The summed E-state index contributed by atoms with van der Waals surface area (Å²) in [5.74, 6) is -1.04. The summed E-state index contributed by atoms with van der Waals surface area (Å²) < 4.78 is -0.683. The molecule has 0 spiro atoms. The molecule has 6 heteroatoms. The van der Waals surface area contributed by atoms with E-state index in [4.69, 9.17) is 10.8 Å². The lowest BCUT2D eigenvalue weighted by molar-refractivity contribution is -0.139. The molecule has 0 rings (SSSR count). The van der Waals surface area contributed by atoms with E-state index in [0.717, 1.165) is 0 Å². The van der Waals surface area contributed by atoms with Crippen LogP contribution >= 0.6 is 11.8 Å². The smallest absolute Gasteiger partial charge is 0.321 e. The zero-order valence-corrected chi connectivity index (χ0v) is 10.3. The number of amides is 1. The van der Waals surface area contributed by atoms with Gasteiger partial charge in [-0.3, -0.25) is 9.59 Å². The van der Waals surface area contributed by atoms with Gasteiger partial charge in [0.1, 0.15) is 6.04 Å². The van der Waals surface area contributed by atoms with Crippen molar-refractivity contribution >= 4 is 23.6 Å². The first-order valence-electron chi connectivity index (χ1n) is 4.81. The quantitative estimate of drug-likeness (QED) is 0.559. The van der Waals surface area contributed by atoms with Crippen LogP contribution in [0.15, 0.2) is 12.7 Å². The van der Waals surface area contributed by atoms with Crippen molar-refractivity contribution in [3.05, 3.63) is 12.7 Å². The molecular formula is C10H18N2O3S. The van der Waals surface area contributed by atoms with Crippen molar-refractivity contribution in [1.29, 1.82) is 0 Å². The van der Waals surface area contributed by atoms with E-state index in [9.17, 15) is 9.59 Å². The Kier molecular flexibility index (Phi) is 6.13. The highest BCUT2D eigenvalue weighted by atomic mass is 32.2. The van der Waals surface area contributed by atoms with Crippen LogP contribution in [-0.2, 0) is 9.59 Å². The standard InChI is InChI=1S/C10H18N2O3S/c1-4-5-12-7(13)6-16-10(2,3)8(11)9(14)15/h4,8H,1,5-6,11H2,2-3H3,(H,12,13)(H,14,15)/t8-/m1/s1. The van der Waals surface area contributed by atoms with Crippen LogP contribution in [0.1, 0.15) is 13.8 Å². The lowest BCUT2D eigenvalue weighted by Crippen LogP contribution is -2.47. The predicted molar refractivity (Wildman–Crippen MR) is 65.4 cm³/mol. The summed E-state index contributed by atoms with van der Waals surface area (Å²) in [6.07, 6.45) is 1.58. The predicted octanol–water partition coefficient (Wildman–Crippen LogP) is 0.212. The molecule has 1 amide bonds. The summed E-state index contributed by atoms with van der Waals surface area (Å²) in [6, 6.07) is -0.996. The molecule has 0 fully saturated rings. The average molecular weight is 246 g/mol. The summed E-state index contributed by atoms with van der Waals surface area (Å²) in [7, 11) is 0. The maximum absolute atomic E-state index is 11.3. The van der Waals surface area contributed by atoms with E-state index < -0.39 is 16.8 Å². The number of carboxylic acid groups (broad SMARTS) is 1. The minimum Gasteiger partial charge on any atom is -0.480 e. The molecule has 0 bridgehead atoms. The van der Waals surface area contributed by atoms with Gasteiger partial charge in [-0.1, -0.05) is 6.08 Å². The van der Waals surface area contributed by atoms with Gasteiger partial charge >= 0.3 is 5.97 Å². The van der Waals surface area contributed by atoms with Crippen molar-refractivity contribution < 1.29 is 14.7 Å². The summed E-state index contributed by atoms with van der Waals surface area (Å²) >= 11 is 1.22. The van der Waals surface area contributed by atoms with Gasteiger partial charge in [-0.2, -0.15) is 0 Å². The highest BCUT2D eigenvalue weighted by Crippen LogP contribution is 2.27. The van der Waals surface area contributed by atoms with E-state index in [2.05, 4.69) is 11.9 Å². The maximum Gasteiger partial charge on any atom is 0.321 e. The van der Waals surface area contributed by atoms with Crippen molar-refractivity contribution in [2.45, 2.75) is 24.6 Å². The van der Waals surface area contributed by atoms with Crippen LogP contribution in [0.5, 0.6) is 0 Å². The van der Waals surface area contributed by atoms with Gasteiger partial charge in [0, 0.05) is 11.3 Å². The number of carbonyl (C=O) groups is 2. The molecule has 0 aliphatic rings. The SMILES string of the molecule is C=CCNC(=O)CSC(C)(C)[C@H](N)C(=O)O. The van der Waals surface area contributed by atoms with Crippen LogP contribution in [0.3, 0.4) is 0 Å². The number of carboxylic acids is 1. The first kappa shape index (κ1) is 15.0. The molecule has 0 saturated heterocycles. The fourth-order valence-corrected chi connectivity index (χ4v) is 1.76. The minimum atomic E-state index is -1.07. The fourth-order valence-electron chi connectivity index (χ4n) is 0.876. The molecule has 92 valence electrons. The summed E-state index contributed by atoms with van der Waals surface area (Å²) in [4.78, 5) is 22.0. The van der Waals surface area contributed by atoms with Gasteiger partial charge in [0.25, 0.3) is 0 Å². The van der Waals surface area contributed by atoms with Crippen molar-refractivity contribution in [1.82, 2.24) is 5.32 Å². The molecule has 0 radical (unpaired) electrons. The molecule has 0 aromatic heterocycles. The van der Waals surface area contributed by atoms with E-state index in [0.29, 0.717) is 6.54 Å². The first-order chi connectivity index (χ1) is 7.31. The molecule has 5 nitrogen and oxygen atoms in total. The van der Waals surface area contributed by atoms with Crippen LogP contribution in [0, 0.1) is 0 Å². The number of hydrogen-bond acceptors (Lipinski definition) is 4. The lowest BCUT2D eigenvalue weighted by atomic mass is 10.1. The van der Waals surface area contributed by atoms with Crippen LogP contribution in [0.2, 0.25) is 0 Å². The Morgan fingerprint density at radius 1 is 1.62 bits per heavy atom. The Hall–Kier alpha value is -1.01. The first-order valence-corrected chi connectivity index (χ1v) is 5.79. The molecule has 0 aromatic rings. The zero-order chi connectivity index (χ0) is 12.8. The Morgan fingerprint density at radius 2 is 2.19 bits per heavy atom. The summed E-state index contributed by atoms with van der Waals surface area (Å²) in [6.45, 7) is 7.29. The largest absolute Gasteiger partial charge is 0.480 e. The molecule has 16 heavy (non-hydrogen) atoms. The number of carbonyl (C=O) groups excluding carboxylic acids is 1. The second kappa shape index (κ2) is 6.55. The molecule has 0 heterocycles. The van der Waals surface area contributed by atoms with Gasteiger partial charge in [0.05, 0.1) is 5.75 Å². The maximum atomic E-state index is 11.3. The molecular weight excluding hydrogens is 228 g/mol. The highest BCUT2D eigenvalue weighted by molar-refractivity contribution is 8.01. The third kappa shape index (κ3) is 5.18. The Morgan fingerprint density at radius 3 is 2.62 bits per heavy atom. The lowest BCUT2D eigenvalue weighted by Gasteiger charge is -2.27. The number of rotatable bonds is 7. The molecule has 0 aliphatic carbocycles. The van der Waals surface area contributed by atoms with Gasteiger partial charge in [0.15, 0.2) is 0 Å². The Bertz CT molecular complexity index is 279. The highest BCUT2D eigenvalue weighted by Gasteiger charge is 2.32. The average Bonchev–Trinajstić information content (AvgIpc) is 2.22. The van der Waals surface area contributed by atoms with Crippen LogP contribution in [0.4, 0.5) is 0 Å². The van der Waals surface area contributed by atoms with Gasteiger partial charge < -0.3 is 16.2 Å². The molecule has 0 saturated carbocycles. The van der Waals surface area contributed by atoms with Gasteiger partial charge in [-0.05, 0) is 13.8 Å². The Labute approximate surface area is 99.5 Å². The van der Waals surface area contributed by atoms with Crippen LogP contribution in [0.25, 0.3) is 0 Å². The zero-order valence-electron chi connectivity index (χ0n) is 9.53. The topological polar surface area (TPSA) is 92.4 Å². The van der Waals surface area contributed by atoms with Gasteiger partial charge in [0.2, 0.25) is 5.91 Å². The van der Waals surface area contributed by atoms with Crippen molar-refractivity contribution in [2.24, 2.45) is 5.73 Å². The molecule has 0 aliphatic heterocycles. The molecule has 0 unspecified atom stereocenters. The number of thioether (sulfide) groups is 1. The third-order valence-corrected chi connectivity index (χ3v) is 3.44. The summed E-state index contributed by atoms with van der Waals surface area (Å²) in [5.41, 5.74) is 5.51. The van der Waals surface area contributed by atoms with Gasteiger partial charge in [-0.15, -0.1) is 18.3 Å². The van der Waals surface area contributed by atoms with E-state index in [1.807, 2.05) is 0 Å². The fraction of sp³-hybridized carbons (Fsp3) is 0.600. The van der Waals surface area contributed by atoms with E-state index in [1.165, 1.54) is 11.8 Å².